The van der Waals surface area contributed by atoms with Gasteiger partial charge in [0, 0.05) is 16.2 Å². The van der Waals surface area contributed by atoms with Crippen molar-refractivity contribution in [2.24, 2.45) is 5.92 Å². The Kier molecular flexibility index (Phi) is 4.43. The molecule has 0 radical (unpaired) electrons. The number of anilines is 1. The molecule has 106 valence electrons. The summed E-state index contributed by atoms with van der Waals surface area (Å²) in [7, 11) is 0. The smallest absolute Gasteiger partial charge is 0.382 e. The van der Waals surface area contributed by atoms with E-state index in [1.165, 1.54) is 12.1 Å². The molecule has 0 aliphatic heterocycles. The minimum absolute atomic E-state index is 0.0859. The zero-order chi connectivity index (χ0) is 14.0. The summed E-state index contributed by atoms with van der Waals surface area (Å²) in [6.07, 6.45) is 0.00934. The zero-order valence-electron chi connectivity index (χ0n) is 10.7. The van der Waals surface area contributed by atoms with Crippen LogP contribution in [-0.4, -0.2) is 6.04 Å². The Bertz CT molecular complexity index is 437. The van der Waals surface area contributed by atoms with Crippen molar-refractivity contribution in [1.29, 1.82) is 0 Å². The first-order valence-corrected chi connectivity index (χ1v) is 7.29. The number of halogens is 4. The Labute approximate surface area is 119 Å². The van der Waals surface area contributed by atoms with Gasteiger partial charge in [-0.15, -0.1) is 0 Å². The third kappa shape index (κ3) is 3.88. The third-order valence-corrected chi connectivity index (χ3v) is 4.35. The van der Waals surface area contributed by atoms with Gasteiger partial charge in [-0.1, -0.05) is 22.9 Å². The van der Waals surface area contributed by atoms with Crippen LogP contribution in [-0.2, 0) is 6.18 Å². The van der Waals surface area contributed by atoms with Crippen molar-refractivity contribution in [1.82, 2.24) is 0 Å². The Hall–Kier alpha value is -0.710. The molecule has 5 heteroatoms. The summed E-state index contributed by atoms with van der Waals surface area (Å²) in [4.78, 5) is 0. The molecule has 1 N–H and O–H groups in total. The van der Waals surface area contributed by atoms with Crippen LogP contribution in [0, 0.1) is 5.92 Å². The predicted octanol–water partition coefficient (Wildman–Crippen LogP) is 5.46. The van der Waals surface area contributed by atoms with Gasteiger partial charge in [0.25, 0.3) is 0 Å². The van der Waals surface area contributed by atoms with E-state index >= 15 is 0 Å². The maximum absolute atomic E-state index is 12.8. The Morgan fingerprint density at radius 2 is 1.79 bits per heavy atom. The van der Waals surface area contributed by atoms with Crippen molar-refractivity contribution in [3.8, 4) is 0 Å². The molecule has 1 aliphatic carbocycles. The van der Waals surface area contributed by atoms with Crippen molar-refractivity contribution in [2.45, 2.75) is 44.8 Å². The van der Waals surface area contributed by atoms with Gasteiger partial charge in [0.15, 0.2) is 0 Å². The molecule has 1 aliphatic rings. The molecule has 0 unspecified atom stereocenters. The van der Waals surface area contributed by atoms with Crippen LogP contribution in [0.2, 0.25) is 0 Å². The third-order valence-electron chi connectivity index (χ3n) is 3.66. The fourth-order valence-corrected chi connectivity index (χ4v) is 2.94. The van der Waals surface area contributed by atoms with E-state index in [2.05, 4.69) is 28.2 Å². The Balaban J connectivity index is 2.09. The number of alkyl halides is 3. The predicted molar refractivity (Wildman–Crippen MR) is 74.2 cm³/mol. The number of rotatable bonds is 2. The monoisotopic (exact) mass is 335 g/mol. The molecular weight excluding hydrogens is 319 g/mol. The van der Waals surface area contributed by atoms with Crippen molar-refractivity contribution in [2.75, 3.05) is 5.32 Å². The molecule has 0 aromatic heterocycles. The highest BCUT2D eigenvalue weighted by atomic mass is 79.9. The molecule has 1 saturated carbocycles. The minimum Gasteiger partial charge on any atom is -0.382 e. The van der Waals surface area contributed by atoms with E-state index < -0.39 is 11.7 Å². The summed E-state index contributed by atoms with van der Waals surface area (Å²) in [5.41, 5.74) is -0.0724. The summed E-state index contributed by atoms with van der Waals surface area (Å²) in [5, 5.41) is 3.22. The highest BCUT2D eigenvalue weighted by Crippen LogP contribution is 2.37. The number of hydrogen-bond acceptors (Lipinski definition) is 1. The van der Waals surface area contributed by atoms with E-state index in [0.29, 0.717) is 11.7 Å². The maximum atomic E-state index is 12.8. The van der Waals surface area contributed by atoms with Gasteiger partial charge in [0.2, 0.25) is 0 Å². The normalized spacial score (nSPS) is 24.3. The lowest BCUT2D eigenvalue weighted by atomic mass is 9.87. The number of benzene rings is 1. The van der Waals surface area contributed by atoms with Crippen LogP contribution < -0.4 is 5.32 Å². The van der Waals surface area contributed by atoms with Crippen LogP contribution in [0.5, 0.6) is 0 Å². The molecule has 0 spiro atoms. The maximum Gasteiger partial charge on any atom is 0.417 e. The van der Waals surface area contributed by atoms with Gasteiger partial charge in [-0.3, -0.25) is 0 Å². The van der Waals surface area contributed by atoms with Crippen molar-refractivity contribution >= 4 is 21.6 Å². The van der Waals surface area contributed by atoms with Crippen LogP contribution in [0.3, 0.4) is 0 Å². The quantitative estimate of drug-likeness (QED) is 0.756. The van der Waals surface area contributed by atoms with Gasteiger partial charge in [-0.25, -0.2) is 0 Å². The van der Waals surface area contributed by atoms with Gasteiger partial charge in [-0.05, 0) is 49.8 Å². The van der Waals surface area contributed by atoms with E-state index in [1.807, 2.05) is 0 Å². The van der Waals surface area contributed by atoms with Gasteiger partial charge in [-0.2, -0.15) is 13.2 Å². The summed E-state index contributed by atoms with van der Waals surface area (Å²) >= 11 is 2.95. The molecule has 0 saturated heterocycles. The average Bonchev–Trinajstić information content (AvgIpc) is 2.33. The van der Waals surface area contributed by atoms with E-state index in [9.17, 15) is 13.2 Å². The molecule has 1 aromatic carbocycles. The Morgan fingerprint density at radius 3 is 2.37 bits per heavy atom. The molecule has 0 amide bonds. The largest absolute Gasteiger partial charge is 0.417 e. The summed E-state index contributed by atoms with van der Waals surface area (Å²) in [6.45, 7) is 2.22. The molecular formula is C14H17BrF3N. The first-order valence-electron chi connectivity index (χ1n) is 6.49. The van der Waals surface area contributed by atoms with Gasteiger partial charge in [0.05, 0.1) is 5.56 Å². The second-order valence-electron chi connectivity index (χ2n) is 5.29. The van der Waals surface area contributed by atoms with E-state index in [0.717, 1.165) is 31.6 Å². The fourth-order valence-electron chi connectivity index (χ4n) is 2.47. The molecule has 0 heterocycles. The summed E-state index contributed by atoms with van der Waals surface area (Å²) < 4.78 is 38.5. The topological polar surface area (TPSA) is 12.0 Å². The lowest BCUT2D eigenvalue weighted by molar-refractivity contribution is -0.138. The van der Waals surface area contributed by atoms with Crippen molar-refractivity contribution < 1.29 is 13.2 Å². The van der Waals surface area contributed by atoms with Crippen LogP contribution in [0.25, 0.3) is 0 Å². The molecule has 0 bridgehead atoms. The standard InChI is InChI=1S/C14H17BrF3N/c1-9-2-4-10(5-3-9)19-11-6-7-13(15)12(8-11)14(16,17)18/h6-10,19H,2-5H2,1H3. The SMILES string of the molecule is CC1CCC(Nc2ccc(Br)c(C(F)(F)F)c2)CC1. The van der Waals surface area contributed by atoms with Crippen LogP contribution in [0.4, 0.5) is 18.9 Å². The Morgan fingerprint density at radius 1 is 1.16 bits per heavy atom. The molecule has 1 fully saturated rings. The van der Waals surface area contributed by atoms with Crippen molar-refractivity contribution in [3.05, 3.63) is 28.2 Å². The highest BCUT2D eigenvalue weighted by molar-refractivity contribution is 9.10. The lowest BCUT2D eigenvalue weighted by Crippen LogP contribution is -2.25. The molecule has 1 aromatic rings. The lowest BCUT2D eigenvalue weighted by Gasteiger charge is -2.28. The first-order chi connectivity index (χ1) is 8.86. The number of nitrogens with one attached hydrogen (secondary N) is 1. The molecule has 0 atom stereocenters. The molecule has 1 nitrogen and oxygen atoms in total. The fraction of sp³-hybridized carbons (Fsp3) is 0.571. The zero-order valence-corrected chi connectivity index (χ0v) is 12.3. The second kappa shape index (κ2) is 5.73. The van der Waals surface area contributed by atoms with Crippen molar-refractivity contribution in [3.63, 3.8) is 0 Å². The van der Waals surface area contributed by atoms with Gasteiger partial charge in [0.1, 0.15) is 0 Å². The van der Waals surface area contributed by atoms with Gasteiger partial charge < -0.3 is 5.32 Å². The highest BCUT2D eigenvalue weighted by Gasteiger charge is 2.33. The number of hydrogen-bond donors (Lipinski definition) is 1. The van der Waals surface area contributed by atoms with Crippen LogP contribution >= 0.6 is 15.9 Å². The first kappa shape index (κ1) is 14.7. The summed E-state index contributed by atoms with van der Waals surface area (Å²) in [6, 6.07) is 4.62. The second-order valence-corrected chi connectivity index (χ2v) is 6.15. The van der Waals surface area contributed by atoms with Crippen LogP contribution in [0.1, 0.15) is 38.2 Å². The average molecular weight is 336 g/mol. The molecule has 2 rings (SSSR count). The summed E-state index contributed by atoms with van der Waals surface area (Å²) in [5.74, 6) is 0.730. The van der Waals surface area contributed by atoms with Gasteiger partial charge >= 0.3 is 6.18 Å². The van der Waals surface area contributed by atoms with Crippen LogP contribution in [0.15, 0.2) is 22.7 Å². The minimum atomic E-state index is -4.32. The van der Waals surface area contributed by atoms with E-state index in [-0.39, 0.29) is 4.47 Å². The molecule has 19 heavy (non-hydrogen) atoms. The van der Waals surface area contributed by atoms with E-state index in [1.54, 1.807) is 6.07 Å². The van der Waals surface area contributed by atoms with E-state index in [4.69, 9.17) is 0 Å².